The minimum atomic E-state index is 0.697. The van der Waals surface area contributed by atoms with Crippen molar-refractivity contribution < 1.29 is 0 Å². The van der Waals surface area contributed by atoms with E-state index in [0.29, 0.717) is 6.54 Å². The molecule has 4 heteroatoms. The molecule has 1 aromatic carbocycles. The first-order valence-corrected chi connectivity index (χ1v) is 5.83. The van der Waals surface area contributed by atoms with Crippen LogP contribution in [-0.2, 0) is 13.5 Å². The molecule has 0 bridgehead atoms. The number of imidazole rings is 1. The molecule has 1 aromatic heterocycles. The summed E-state index contributed by atoms with van der Waals surface area (Å²) in [6.45, 7) is 2.72. The lowest BCUT2D eigenvalue weighted by Gasteiger charge is -2.04. The topological polar surface area (TPSA) is 43.8 Å². The van der Waals surface area contributed by atoms with Crippen LogP contribution >= 0.6 is 11.6 Å². The Morgan fingerprint density at radius 1 is 1.44 bits per heavy atom. The van der Waals surface area contributed by atoms with E-state index in [1.54, 1.807) is 0 Å². The van der Waals surface area contributed by atoms with Gasteiger partial charge in [0.25, 0.3) is 0 Å². The molecular weight excluding hydrogens is 222 g/mol. The van der Waals surface area contributed by atoms with Crippen molar-refractivity contribution in [2.24, 2.45) is 12.8 Å². The second-order valence-electron chi connectivity index (χ2n) is 4.02. The molecule has 16 heavy (non-hydrogen) atoms. The summed E-state index contributed by atoms with van der Waals surface area (Å²) in [5.41, 5.74) is 8.74. The van der Waals surface area contributed by atoms with E-state index in [1.165, 1.54) is 0 Å². The molecule has 2 N–H and O–H groups in total. The number of benzene rings is 1. The van der Waals surface area contributed by atoms with Crippen LogP contribution in [-0.4, -0.2) is 16.1 Å². The summed E-state index contributed by atoms with van der Waals surface area (Å²) < 4.78 is 2.12. The van der Waals surface area contributed by atoms with E-state index in [4.69, 9.17) is 17.3 Å². The van der Waals surface area contributed by atoms with E-state index in [2.05, 4.69) is 9.55 Å². The van der Waals surface area contributed by atoms with Gasteiger partial charge in [-0.25, -0.2) is 4.98 Å². The Bertz CT molecular complexity index is 516. The summed E-state index contributed by atoms with van der Waals surface area (Å²) in [4.78, 5) is 4.60. The summed E-state index contributed by atoms with van der Waals surface area (Å²) in [6.07, 6.45) is 1.88. The Hall–Kier alpha value is -1.06. The first-order valence-electron chi connectivity index (χ1n) is 5.45. The van der Waals surface area contributed by atoms with E-state index in [1.807, 2.05) is 26.1 Å². The summed E-state index contributed by atoms with van der Waals surface area (Å²) in [7, 11) is 2.03. The van der Waals surface area contributed by atoms with Gasteiger partial charge in [-0.05, 0) is 37.6 Å². The van der Waals surface area contributed by atoms with Crippen molar-refractivity contribution in [2.45, 2.75) is 19.8 Å². The molecule has 3 nitrogen and oxygen atoms in total. The fourth-order valence-corrected chi connectivity index (χ4v) is 2.15. The van der Waals surface area contributed by atoms with Crippen LogP contribution < -0.4 is 5.73 Å². The molecule has 0 saturated carbocycles. The van der Waals surface area contributed by atoms with Gasteiger partial charge in [-0.15, -0.1) is 0 Å². The van der Waals surface area contributed by atoms with Crippen molar-refractivity contribution in [3.63, 3.8) is 0 Å². The van der Waals surface area contributed by atoms with Gasteiger partial charge in [0.15, 0.2) is 0 Å². The fourth-order valence-electron chi connectivity index (χ4n) is 2.00. The average molecular weight is 238 g/mol. The van der Waals surface area contributed by atoms with E-state index >= 15 is 0 Å². The van der Waals surface area contributed by atoms with Gasteiger partial charge in [-0.3, -0.25) is 0 Å². The number of fused-ring (bicyclic) bond motifs is 1. The molecule has 1 heterocycles. The SMILES string of the molecule is Cc1c(Cl)ccc2nc(CCCN)n(C)c12. The third-order valence-corrected chi connectivity index (χ3v) is 3.33. The summed E-state index contributed by atoms with van der Waals surface area (Å²) >= 11 is 6.11. The molecule has 86 valence electrons. The van der Waals surface area contributed by atoms with Gasteiger partial charge in [0.1, 0.15) is 5.82 Å². The zero-order chi connectivity index (χ0) is 11.7. The molecule has 0 saturated heterocycles. The first kappa shape index (κ1) is 11.4. The van der Waals surface area contributed by atoms with Crippen LogP contribution in [0.3, 0.4) is 0 Å². The van der Waals surface area contributed by atoms with E-state index in [9.17, 15) is 0 Å². The first-order chi connectivity index (χ1) is 7.65. The zero-order valence-electron chi connectivity index (χ0n) is 9.63. The Balaban J connectivity index is 2.55. The van der Waals surface area contributed by atoms with Gasteiger partial charge in [-0.1, -0.05) is 11.6 Å². The van der Waals surface area contributed by atoms with Gasteiger partial charge in [0.2, 0.25) is 0 Å². The summed E-state index contributed by atoms with van der Waals surface area (Å²) in [5, 5.41) is 0.792. The summed E-state index contributed by atoms with van der Waals surface area (Å²) in [6, 6.07) is 3.87. The maximum absolute atomic E-state index is 6.11. The maximum Gasteiger partial charge on any atom is 0.109 e. The number of aryl methyl sites for hydroxylation is 3. The Kier molecular flexibility index (Phi) is 3.17. The minimum Gasteiger partial charge on any atom is -0.331 e. The van der Waals surface area contributed by atoms with Gasteiger partial charge in [-0.2, -0.15) is 0 Å². The highest BCUT2D eigenvalue weighted by Gasteiger charge is 2.10. The predicted octanol–water partition coefficient (Wildman–Crippen LogP) is 2.43. The van der Waals surface area contributed by atoms with Crippen molar-refractivity contribution in [3.8, 4) is 0 Å². The third-order valence-electron chi connectivity index (χ3n) is 2.92. The van der Waals surface area contributed by atoms with Crippen LogP contribution in [0.25, 0.3) is 11.0 Å². The molecule has 0 aliphatic rings. The Morgan fingerprint density at radius 2 is 2.19 bits per heavy atom. The van der Waals surface area contributed by atoms with Crippen LogP contribution in [0.5, 0.6) is 0 Å². The molecule has 0 atom stereocenters. The smallest absolute Gasteiger partial charge is 0.109 e. The Morgan fingerprint density at radius 3 is 2.88 bits per heavy atom. The van der Waals surface area contributed by atoms with E-state index < -0.39 is 0 Å². The van der Waals surface area contributed by atoms with Crippen molar-refractivity contribution in [3.05, 3.63) is 28.5 Å². The van der Waals surface area contributed by atoms with Crippen LogP contribution in [0, 0.1) is 6.92 Å². The highest BCUT2D eigenvalue weighted by Crippen LogP contribution is 2.25. The van der Waals surface area contributed by atoms with Crippen LogP contribution in [0.2, 0.25) is 5.02 Å². The molecule has 0 aliphatic carbocycles. The van der Waals surface area contributed by atoms with Crippen LogP contribution in [0.1, 0.15) is 17.8 Å². The summed E-state index contributed by atoms with van der Waals surface area (Å²) in [5.74, 6) is 1.07. The highest BCUT2D eigenvalue weighted by atomic mass is 35.5. The lowest BCUT2D eigenvalue weighted by atomic mass is 10.2. The number of rotatable bonds is 3. The van der Waals surface area contributed by atoms with Crippen molar-refractivity contribution >= 4 is 22.6 Å². The van der Waals surface area contributed by atoms with Gasteiger partial charge >= 0.3 is 0 Å². The number of nitrogens with two attached hydrogens (primary N) is 1. The highest BCUT2D eigenvalue weighted by molar-refractivity contribution is 6.32. The minimum absolute atomic E-state index is 0.697. The number of hydrogen-bond donors (Lipinski definition) is 1. The van der Waals surface area contributed by atoms with Gasteiger partial charge < -0.3 is 10.3 Å². The molecule has 0 spiro atoms. The molecule has 0 fully saturated rings. The van der Waals surface area contributed by atoms with Crippen LogP contribution in [0.4, 0.5) is 0 Å². The lowest BCUT2D eigenvalue weighted by Crippen LogP contribution is -2.04. The number of nitrogens with zero attached hydrogens (tertiary/aromatic N) is 2. The number of aromatic nitrogens is 2. The van der Waals surface area contributed by atoms with Crippen molar-refractivity contribution in [2.75, 3.05) is 6.54 Å². The molecular formula is C12H16ClN3. The molecule has 0 aliphatic heterocycles. The lowest BCUT2D eigenvalue weighted by molar-refractivity contribution is 0.740. The van der Waals surface area contributed by atoms with Crippen molar-refractivity contribution in [1.29, 1.82) is 0 Å². The normalized spacial score (nSPS) is 11.2. The van der Waals surface area contributed by atoms with Crippen molar-refractivity contribution in [1.82, 2.24) is 9.55 Å². The molecule has 2 rings (SSSR count). The number of hydrogen-bond acceptors (Lipinski definition) is 2. The fraction of sp³-hybridized carbons (Fsp3) is 0.417. The largest absolute Gasteiger partial charge is 0.331 e. The average Bonchev–Trinajstić information content (AvgIpc) is 2.59. The zero-order valence-corrected chi connectivity index (χ0v) is 10.4. The predicted molar refractivity (Wildman–Crippen MR) is 67.8 cm³/mol. The van der Waals surface area contributed by atoms with Gasteiger partial charge in [0, 0.05) is 18.5 Å². The quantitative estimate of drug-likeness (QED) is 0.891. The molecule has 0 unspecified atom stereocenters. The number of halogens is 1. The van der Waals surface area contributed by atoms with E-state index in [0.717, 1.165) is 40.3 Å². The molecule has 2 aromatic rings. The molecule has 0 amide bonds. The second kappa shape index (κ2) is 4.44. The van der Waals surface area contributed by atoms with Crippen LogP contribution in [0.15, 0.2) is 12.1 Å². The maximum atomic E-state index is 6.11. The van der Waals surface area contributed by atoms with E-state index in [-0.39, 0.29) is 0 Å². The monoisotopic (exact) mass is 237 g/mol. The van der Waals surface area contributed by atoms with Gasteiger partial charge in [0.05, 0.1) is 11.0 Å². The standard InChI is InChI=1S/C12H16ClN3/c1-8-9(13)5-6-10-12(8)16(2)11(15-10)4-3-7-14/h5-6H,3-4,7,14H2,1-2H3. The second-order valence-corrected chi connectivity index (χ2v) is 4.43. The Labute approximate surface area is 100 Å². The third kappa shape index (κ3) is 1.81. The molecule has 0 radical (unpaired) electrons.